The predicted octanol–water partition coefficient (Wildman–Crippen LogP) is 4.41. The van der Waals surface area contributed by atoms with E-state index in [0.717, 1.165) is 33.0 Å². The van der Waals surface area contributed by atoms with Crippen molar-refractivity contribution in [2.24, 2.45) is 0 Å². The highest BCUT2D eigenvalue weighted by atomic mass is 35.5. The van der Waals surface area contributed by atoms with Crippen LogP contribution in [-0.2, 0) is 6.61 Å². The lowest BCUT2D eigenvalue weighted by atomic mass is 10.2. The standard InChI is InChI=1S/C16H14ClNO2/c1-19-12-4-2-5-13(8-12)20-10-11-9-18-16-14(11)6-3-7-15(16)17/h2-9,18H,10H2,1H3. The van der Waals surface area contributed by atoms with Crippen LogP contribution < -0.4 is 9.47 Å². The Hall–Kier alpha value is -2.13. The van der Waals surface area contributed by atoms with Crippen LogP contribution in [0.4, 0.5) is 0 Å². The minimum atomic E-state index is 0.480. The van der Waals surface area contributed by atoms with E-state index in [1.54, 1.807) is 7.11 Å². The zero-order valence-electron chi connectivity index (χ0n) is 11.0. The molecule has 3 nitrogen and oxygen atoms in total. The van der Waals surface area contributed by atoms with E-state index in [0.29, 0.717) is 6.61 Å². The molecular formula is C16H14ClNO2. The number of ether oxygens (including phenoxy) is 2. The van der Waals surface area contributed by atoms with Crippen molar-refractivity contribution >= 4 is 22.5 Å². The van der Waals surface area contributed by atoms with E-state index in [9.17, 15) is 0 Å². The lowest BCUT2D eigenvalue weighted by Gasteiger charge is -2.07. The maximum absolute atomic E-state index is 6.14. The first-order chi connectivity index (χ1) is 9.78. The van der Waals surface area contributed by atoms with Crippen LogP contribution in [0.1, 0.15) is 5.56 Å². The minimum absolute atomic E-state index is 0.480. The summed E-state index contributed by atoms with van der Waals surface area (Å²) < 4.78 is 11.0. The van der Waals surface area contributed by atoms with Gasteiger partial charge in [0.25, 0.3) is 0 Å². The number of benzene rings is 2. The monoisotopic (exact) mass is 287 g/mol. The fourth-order valence-electron chi connectivity index (χ4n) is 2.15. The van der Waals surface area contributed by atoms with Gasteiger partial charge in [-0.2, -0.15) is 0 Å². The Morgan fingerprint density at radius 3 is 2.75 bits per heavy atom. The number of para-hydroxylation sites is 1. The van der Waals surface area contributed by atoms with Crippen LogP contribution in [0.5, 0.6) is 11.5 Å². The van der Waals surface area contributed by atoms with Crippen LogP contribution in [-0.4, -0.2) is 12.1 Å². The molecule has 1 heterocycles. The van der Waals surface area contributed by atoms with Gasteiger partial charge in [0.1, 0.15) is 18.1 Å². The van der Waals surface area contributed by atoms with Crippen molar-refractivity contribution < 1.29 is 9.47 Å². The highest BCUT2D eigenvalue weighted by molar-refractivity contribution is 6.35. The molecule has 4 heteroatoms. The molecule has 0 saturated heterocycles. The number of H-pyrrole nitrogens is 1. The molecule has 0 fully saturated rings. The van der Waals surface area contributed by atoms with Gasteiger partial charge in [-0.3, -0.25) is 0 Å². The first-order valence-corrected chi connectivity index (χ1v) is 6.67. The van der Waals surface area contributed by atoms with Crippen molar-refractivity contribution in [1.82, 2.24) is 4.98 Å². The lowest BCUT2D eigenvalue weighted by molar-refractivity contribution is 0.305. The van der Waals surface area contributed by atoms with Gasteiger partial charge in [0.2, 0.25) is 0 Å². The summed E-state index contributed by atoms with van der Waals surface area (Å²) >= 11 is 6.14. The quantitative estimate of drug-likeness (QED) is 0.771. The second-order valence-electron chi connectivity index (χ2n) is 4.44. The zero-order chi connectivity index (χ0) is 13.9. The van der Waals surface area contributed by atoms with Crippen LogP contribution in [0, 0.1) is 0 Å². The SMILES string of the molecule is COc1cccc(OCc2c[nH]c3c(Cl)cccc23)c1. The number of aromatic amines is 1. The van der Waals surface area contributed by atoms with E-state index in [2.05, 4.69) is 4.98 Å². The maximum atomic E-state index is 6.14. The van der Waals surface area contributed by atoms with E-state index < -0.39 is 0 Å². The Labute approximate surface area is 122 Å². The molecule has 20 heavy (non-hydrogen) atoms. The Morgan fingerprint density at radius 1 is 1.10 bits per heavy atom. The van der Waals surface area contributed by atoms with E-state index in [4.69, 9.17) is 21.1 Å². The highest BCUT2D eigenvalue weighted by Gasteiger charge is 2.07. The number of rotatable bonds is 4. The smallest absolute Gasteiger partial charge is 0.123 e. The Bertz CT molecular complexity index is 736. The fraction of sp³-hybridized carbons (Fsp3) is 0.125. The summed E-state index contributed by atoms with van der Waals surface area (Å²) in [5, 5.41) is 1.80. The molecular weight excluding hydrogens is 274 g/mol. The molecule has 0 unspecified atom stereocenters. The van der Waals surface area contributed by atoms with Crippen LogP contribution >= 0.6 is 11.6 Å². The lowest BCUT2D eigenvalue weighted by Crippen LogP contribution is -1.94. The molecule has 0 atom stereocenters. The number of methoxy groups -OCH3 is 1. The van der Waals surface area contributed by atoms with E-state index in [1.807, 2.05) is 48.7 Å². The number of halogens is 1. The third-order valence-corrected chi connectivity index (χ3v) is 3.50. The van der Waals surface area contributed by atoms with Crippen molar-refractivity contribution in [3.8, 4) is 11.5 Å². The number of hydrogen-bond donors (Lipinski definition) is 1. The van der Waals surface area contributed by atoms with Crippen molar-refractivity contribution in [3.63, 3.8) is 0 Å². The second kappa shape index (κ2) is 5.47. The molecule has 0 aliphatic rings. The molecule has 0 bridgehead atoms. The third kappa shape index (κ3) is 2.45. The first-order valence-electron chi connectivity index (χ1n) is 6.29. The summed E-state index contributed by atoms with van der Waals surface area (Å²) in [7, 11) is 1.64. The number of aromatic nitrogens is 1. The highest BCUT2D eigenvalue weighted by Crippen LogP contribution is 2.26. The third-order valence-electron chi connectivity index (χ3n) is 3.19. The summed E-state index contributed by atoms with van der Waals surface area (Å²) in [5.74, 6) is 1.56. The van der Waals surface area contributed by atoms with Gasteiger partial charge in [-0.25, -0.2) is 0 Å². The van der Waals surface area contributed by atoms with Crippen LogP contribution in [0.2, 0.25) is 5.02 Å². The topological polar surface area (TPSA) is 34.2 Å². The average molecular weight is 288 g/mol. The van der Waals surface area contributed by atoms with Gasteiger partial charge < -0.3 is 14.5 Å². The molecule has 2 aromatic carbocycles. The summed E-state index contributed by atoms with van der Waals surface area (Å²) in [6.45, 7) is 0.480. The van der Waals surface area contributed by atoms with Crippen LogP contribution in [0.3, 0.4) is 0 Å². The average Bonchev–Trinajstić information content (AvgIpc) is 2.90. The summed E-state index contributed by atoms with van der Waals surface area (Å²) in [5.41, 5.74) is 2.02. The molecule has 1 aromatic heterocycles. The largest absolute Gasteiger partial charge is 0.497 e. The molecule has 0 amide bonds. The molecule has 3 rings (SSSR count). The zero-order valence-corrected chi connectivity index (χ0v) is 11.8. The minimum Gasteiger partial charge on any atom is -0.497 e. The van der Waals surface area contributed by atoms with Gasteiger partial charge in [0.15, 0.2) is 0 Å². The number of hydrogen-bond acceptors (Lipinski definition) is 2. The number of nitrogens with one attached hydrogen (secondary N) is 1. The second-order valence-corrected chi connectivity index (χ2v) is 4.85. The van der Waals surface area contributed by atoms with Gasteiger partial charge in [-0.05, 0) is 18.2 Å². The predicted molar refractivity (Wildman–Crippen MR) is 80.6 cm³/mol. The molecule has 0 aliphatic heterocycles. The van der Waals surface area contributed by atoms with Gasteiger partial charge in [-0.1, -0.05) is 29.8 Å². The Morgan fingerprint density at radius 2 is 1.90 bits per heavy atom. The van der Waals surface area contributed by atoms with Crippen molar-refractivity contribution in [1.29, 1.82) is 0 Å². The summed E-state index contributed by atoms with van der Waals surface area (Å²) in [6, 6.07) is 13.4. The fourth-order valence-corrected chi connectivity index (χ4v) is 2.38. The van der Waals surface area contributed by atoms with E-state index in [1.165, 1.54) is 0 Å². The molecule has 0 saturated carbocycles. The van der Waals surface area contributed by atoms with Crippen LogP contribution in [0.15, 0.2) is 48.7 Å². The summed E-state index contributed by atoms with van der Waals surface area (Å²) in [6.07, 6.45) is 1.93. The van der Waals surface area contributed by atoms with E-state index in [-0.39, 0.29) is 0 Å². The normalized spacial score (nSPS) is 10.7. The maximum Gasteiger partial charge on any atom is 0.123 e. The summed E-state index contributed by atoms with van der Waals surface area (Å²) in [4.78, 5) is 3.18. The van der Waals surface area contributed by atoms with Crippen molar-refractivity contribution in [2.75, 3.05) is 7.11 Å². The van der Waals surface area contributed by atoms with Crippen molar-refractivity contribution in [2.45, 2.75) is 6.61 Å². The Balaban J connectivity index is 1.81. The number of fused-ring (bicyclic) bond motifs is 1. The molecule has 3 aromatic rings. The van der Waals surface area contributed by atoms with Gasteiger partial charge in [0.05, 0.1) is 17.6 Å². The van der Waals surface area contributed by atoms with Gasteiger partial charge in [-0.15, -0.1) is 0 Å². The van der Waals surface area contributed by atoms with Gasteiger partial charge in [0, 0.05) is 23.2 Å². The molecule has 102 valence electrons. The molecule has 0 radical (unpaired) electrons. The Kier molecular flexibility index (Phi) is 3.52. The van der Waals surface area contributed by atoms with Crippen LogP contribution in [0.25, 0.3) is 10.9 Å². The van der Waals surface area contributed by atoms with Gasteiger partial charge >= 0.3 is 0 Å². The molecule has 0 aliphatic carbocycles. The molecule has 1 N–H and O–H groups in total. The molecule has 0 spiro atoms. The van der Waals surface area contributed by atoms with E-state index >= 15 is 0 Å². The first kappa shape index (κ1) is 12.9. The van der Waals surface area contributed by atoms with Crippen molar-refractivity contribution in [3.05, 3.63) is 59.2 Å².